The van der Waals surface area contributed by atoms with Gasteiger partial charge in [0.1, 0.15) is 5.69 Å². The smallest absolute Gasteiger partial charge is 0.415 e. The number of ether oxygens (including phenoxy) is 1. The molecule has 4 amide bonds. The zero-order valence-corrected chi connectivity index (χ0v) is 15.3. The van der Waals surface area contributed by atoms with Crippen LogP contribution in [0, 0.1) is 0 Å². The van der Waals surface area contributed by atoms with Gasteiger partial charge < -0.3 is 4.74 Å². The summed E-state index contributed by atoms with van der Waals surface area (Å²) >= 11 is 0. The van der Waals surface area contributed by atoms with Crippen molar-refractivity contribution in [3.8, 4) is 0 Å². The molecule has 1 aliphatic heterocycles. The molecule has 1 saturated heterocycles. The number of nitrogens with one attached hydrogen (secondary N) is 1. The van der Waals surface area contributed by atoms with E-state index in [1.54, 1.807) is 20.0 Å². The van der Waals surface area contributed by atoms with Crippen LogP contribution in [0.5, 0.6) is 0 Å². The lowest BCUT2D eigenvalue weighted by Gasteiger charge is -2.27. The van der Waals surface area contributed by atoms with Crippen molar-refractivity contribution in [2.45, 2.75) is 39.5 Å². The second-order valence-corrected chi connectivity index (χ2v) is 6.84. The van der Waals surface area contributed by atoms with E-state index in [9.17, 15) is 14.4 Å². The average molecular weight is 351 g/mol. The van der Waals surface area contributed by atoms with Crippen LogP contribution in [0.15, 0.2) is 6.07 Å². The number of urea groups is 1. The molecular formula is C16H25N5O4. The van der Waals surface area contributed by atoms with Crippen LogP contribution < -0.4 is 5.32 Å². The molecule has 2 rings (SSSR count). The van der Waals surface area contributed by atoms with Gasteiger partial charge in [0, 0.05) is 25.6 Å². The number of amides is 4. The first-order valence-corrected chi connectivity index (χ1v) is 8.26. The van der Waals surface area contributed by atoms with Crippen LogP contribution in [0.3, 0.4) is 0 Å². The van der Waals surface area contributed by atoms with Gasteiger partial charge in [0.25, 0.3) is 5.91 Å². The predicted molar refractivity (Wildman–Crippen MR) is 89.8 cm³/mol. The fourth-order valence-electron chi connectivity index (χ4n) is 2.52. The maximum absolute atomic E-state index is 12.9. The molecular weight excluding hydrogens is 326 g/mol. The van der Waals surface area contributed by atoms with Gasteiger partial charge in [0.05, 0.1) is 12.3 Å². The van der Waals surface area contributed by atoms with Crippen molar-refractivity contribution in [3.63, 3.8) is 0 Å². The molecule has 1 fully saturated rings. The SMILES string of the molecule is CCOC(=O)NC(=O)N1CCCN1C(=O)c1cc(C(C)(C)C)nn1C. The summed E-state index contributed by atoms with van der Waals surface area (Å²) < 4.78 is 6.21. The summed E-state index contributed by atoms with van der Waals surface area (Å²) in [6, 6.07) is 1.06. The Labute approximate surface area is 146 Å². The zero-order chi connectivity index (χ0) is 18.8. The number of aryl methyl sites for hydroxylation is 1. The molecule has 0 aliphatic carbocycles. The Morgan fingerprint density at radius 1 is 1.24 bits per heavy atom. The van der Waals surface area contributed by atoms with Crippen LogP contribution >= 0.6 is 0 Å². The summed E-state index contributed by atoms with van der Waals surface area (Å²) in [4.78, 5) is 36.5. The number of hydrogen-bond donors (Lipinski definition) is 1. The molecule has 2 heterocycles. The molecule has 1 aromatic heterocycles. The maximum atomic E-state index is 12.9. The quantitative estimate of drug-likeness (QED) is 0.874. The highest BCUT2D eigenvalue weighted by Gasteiger charge is 2.34. The fraction of sp³-hybridized carbons (Fsp3) is 0.625. The van der Waals surface area contributed by atoms with Gasteiger partial charge >= 0.3 is 12.1 Å². The first-order chi connectivity index (χ1) is 11.6. The molecule has 1 aromatic rings. The number of imide groups is 1. The van der Waals surface area contributed by atoms with Gasteiger partial charge in [-0.25, -0.2) is 24.9 Å². The highest BCUT2D eigenvalue weighted by Crippen LogP contribution is 2.23. The minimum atomic E-state index is -0.831. The summed E-state index contributed by atoms with van der Waals surface area (Å²) in [6.45, 7) is 8.58. The lowest BCUT2D eigenvalue weighted by molar-refractivity contribution is 0.0362. The van der Waals surface area contributed by atoms with Gasteiger partial charge in [-0.15, -0.1) is 0 Å². The van der Waals surface area contributed by atoms with Crippen LogP contribution in [0.1, 0.15) is 50.3 Å². The number of hydrogen-bond acceptors (Lipinski definition) is 5. The Morgan fingerprint density at radius 3 is 2.44 bits per heavy atom. The first-order valence-electron chi connectivity index (χ1n) is 8.26. The Balaban J connectivity index is 2.17. The monoisotopic (exact) mass is 351 g/mol. The number of aromatic nitrogens is 2. The average Bonchev–Trinajstić information content (AvgIpc) is 3.12. The molecule has 0 radical (unpaired) electrons. The number of rotatable bonds is 2. The van der Waals surface area contributed by atoms with Crippen molar-refractivity contribution in [3.05, 3.63) is 17.5 Å². The van der Waals surface area contributed by atoms with Crippen molar-refractivity contribution >= 4 is 18.0 Å². The van der Waals surface area contributed by atoms with Gasteiger partial charge in [-0.3, -0.25) is 9.48 Å². The molecule has 1 aliphatic rings. The van der Waals surface area contributed by atoms with Crippen LogP contribution in [0.2, 0.25) is 0 Å². The van der Waals surface area contributed by atoms with E-state index in [4.69, 9.17) is 4.74 Å². The lowest BCUT2D eigenvalue weighted by Crippen LogP contribution is -2.51. The van der Waals surface area contributed by atoms with Gasteiger partial charge in [0.15, 0.2) is 0 Å². The maximum Gasteiger partial charge on any atom is 0.415 e. The normalized spacial score (nSPS) is 14.6. The van der Waals surface area contributed by atoms with Crippen molar-refractivity contribution in [1.29, 1.82) is 0 Å². The van der Waals surface area contributed by atoms with E-state index in [0.717, 1.165) is 5.69 Å². The van der Waals surface area contributed by atoms with E-state index in [1.165, 1.54) is 14.7 Å². The zero-order valence-electron chi connectivity index (χ0n) is 15.3. The van der Waals surface area contributed by atoms with Gasteiger partial charge in [-0.1, -0.05) is 20.8 Å². The van der Waals surface area contributed by atoms with Crippen LogP contribution in [0.25, 0.3) is 0 Å². The number of carbonyl (C=O) groups is 3. The molecule has 0 saturated carbocycles. The van der Waals surface area contributed by atoms with E-state index in [-0.39, 0.29) is 17.9 Å². The molecule has 138 valence electrons. The minimum absolute atomic E-state index is 0.159. The van der Waals surface area contributed by atoms with E-state index in [1.807, 2.05) is 20.8 Å². The molecule has 9 heteroatoms. The predicted octanol–water partition coefficient (Wildman–Crippen LogP) is 1.65. The first kappa shape index (κ1) is 18.8. The molecule has 25 heavy (non-hydrogen) atoms. The Morgan fingerprint density at radius 2 is 1.88 bits per heavy atom. The third-order valence-electron chi connectivity index (χ3n) is 3.85. The topological polar surface area (TPSA) is 96.8 Å². The Bertz CT molecular complexity index is 677. The lowest BCUT2D eigenvalue weighted by atomic mass is 9.92. The third kappa shape index (κ3) is 4.09. The highest BCUT2D eigenvalue weighted by molar-refractivity contribution is 5.96. The largest absolute Gasteiger partial charge is 0.450 e. The van der Waals surface area contributed by atoms with Crippen molar-refractivity contribution in [1.82, 2.24) is 25.1 Å². The van der Waals surface area contributed by atoms with Crippen molar-refractivity contribution < 1.29 is 19.1 Å². The molecule has 0 spiro atoms. The third-order valence-corrected chi connectivity index (χ3v) is 3.85. The second-order valence-electron chi connectivity index (χ2n) is 6.84. The van der Waals surface area contributed by atoms with Gasteiger partial charge in [0.2, 0.25) is 0 Å². The molecule has 9 nitrogen and oxygen atoms in total. The van der Waals surface area contributed by atoms with Crippen molar-refractivity contribution in [2.24, 2.45) is 7.05 Å². The molecule has 1 N–H and O–H groups in total. The van der Waals surface area contributed by atoms with Crippen LogP contribution in [-0.4, -0.2) is 57.5 Å². The summed E-state index contributed by atoms with van der Waals surface area (Å²) in [6.07, 6.45) is -0.200. The van der Waals surface area contributed by atoms with E-state index < -0.39 is 12.1 Å². The highest BCUT2D eigenvalue weighted by atomic mass is 16.5. The van der Waals surface area contributed by atoms with Crippen molar-refractivity contribution in [2.75, 3.05) is 19.7 Å². The fourth-order valence-corrected chi connectivity index (χ4v) is 2.52. The van der Waals surface area contributed by atoms with E-state index >= 15 is 0 Å². The van der Waals surface area contributed by atoms with Crippen LogP contribution in [-0.2, 0) is 17.2 Å². The van der Waals surface area contributed by atoms with Crippen LogP contribution in [0.4, 0.5) is 9.59 Å². The number of hydrazine groups is 1. The Kier molecular flexibility index (Phi) is 5.34. The number of carbonyl (C=O) groups excluding carboxylic acids is 3. The molecule has 0 bridgehead atoms. The van der Waals surface area contributed by atoms with Gasteiger partial charge in [-0.2, -0.15) is 5.10 Å². The van der Waals surface area contributed by atoms with E-state index in [2.05, 4.69) is 10.4 Å². The summed E-state index contributed by atoms with van der Waals surface area (Å²) in [7, 11) is 1.70. The summed E-state index contributed by atoms with van der Waals surface area (Å²) in [5.74, 6) is -0.331. The summed E-state index contributed by atoms with van der Waals surface area (Å²) in [5.41, 5.74) is 0.989. The molecule has 0 unspecified atom stereocenters. The number of alkyl carbamates (subject to hydrolysis) is 1. The second kappa shape index (κ2) is 7.12. The molecule has 0 aromatic carbocycles. The van der Waals surface area contributed by atoms with Gasteiger partial charge in [-0.05, 0) is 19.4 Å². The number of nitrogens with zero attached hydrogens (tertiary/aromatic N) is 4. The standard InChI is InChI=1S/C16H25N5O4/c1-6-25-15(24)17-14(23)21-9-7-8-20(21)13(22)11-10-12(16(2,3)4)18-19(11)5/h10H,6-9H2,1-5H3,(H,17,23,24). The van der Waals surface area contributed by atoms with E-state index in [0.29, 0.717) is 25.2 Å². The molecule has 0 atom stereocenters. The Hall–Kier alpha value is -2.58. The minimum Gasteiger partial charge on any atom is -0.450 e. The summed E-state index contributed by atoms with van der Waals surface area (Å²) in [5, 5.41) is 9.06.